The maximum absolute atomic E-state index is 12.3. The first-order chi connectivity index (χ1) is 9.51. The van der Waals surface area contributed by atoms with Crippen LogP contribution in [0.3, 0.4) is 0 Å². The summed E-state index contributed by atoms with van der Waals surface area (Å²) in [4.78, 5) is 18.9. The van der Waals surface area contributed by atoms with Gasteiger partial charge in [-0.15, -0.1) is 0 Å². The van der Waals surface area contributed by atoms with Crippen molar-refractivity contribution in [3.63, 3.8) is 0 Å². The number of thioether (sulfide) groups is 1. The number of nitrogens with one attached hydrogen (secondary N) is 1. The molecular weight excluding hydrogens is 292 g/mol. The Labute approximate surface area is 128 Å². The van der Waals surface area contributed by atoms with Crippen molar-refractivity contribution in [2.24, 2.45) is 0 Å². The lowest BCUT2D eigenvalue weighted by Gasteiger charge is -2.27. The van der Waals surface area contributed by atoms with E-state index in [4.69, 9.17) is 5.73 Å². The summed E-state index contributed by atoms with van der Waals surface area (Å²) >= 11 is 3.27. The molecule has 1 aromatic rings. The highest BCUT2D eigenvalue weighted by atomic mass is 32.2. The minimum Gasteiger partial charge on any atom is -0.382 e. The summed E-state index contributed by atoms with van der Waals surface area (Å²) in [6, 6.07) is 0.273. The molecule has 5 nitrogen and oxygen atoms in total. The van der Waals surface area contributed by atoms with Crippen molar-refractivity contribution in [2.75, 3.05) is 31.0 Å². The molecule has 0 unspecified atom stereocenters. The first-order valence-corrected chi connectivity index (χ1v) is 8.89. The highest BCUT2D eigenvalue weighted by Crippen LogP contribution is 2.29. The number of nitrogen functional groups attached to an aromatic ring is 1. The zero-order valence-corrected chi connectivity index (χ0v) is 13.8. The van der Waals surface area contributed by atoms with Crippen LogP contribution in [0.2, 0.25) is 0 Å². The highest BCUT2D eigenvalue weighted by molar-refractivity contribution is 7.99. The molecule has 0 spiro atoms. The Kier molecular flexibility index (Phi) is 5.15. The van der Waals surface area contributed by atoms with Crippen molar-refractivity contribution in [1.29, 1.82) is 0 Å². The van der Waals surface area contributed by atoms with Gasteiger partial charge < -0.3 is 16.0 Å². The van der Waals surface area contributed by atoms with Crippen molar-refractivity contribution in [3.05, 3.63) is 4.88 Å². The molecule has 7 heteroatoms. The Hall–Kier alpha value is -0.950. The molecular formula is C13H22N4OS2. The summed E-state index contributed by atoms with van der Waals surface area (Å²) in [5, 5.41) is 4.61. The van der Waals surface area contributed by atoms with Crippen LogP contribution < -0.4 is 16.0 Å². The van der Waals surface area contributed by atoms with E-state index in [-0.39, 0.29) is 11.9 Å². The van der Waals surface area contributed by atoms with E-state index in [2.05, 4.69) is 16.6 Å². The number of thiazole rings is 1. The molecule has 0 aliphatic heterocycles. The first-order valence-electron chi connectivity index (χ1n) is 6.78. The molecule has 1 aliphatic rings. The minimum absolute atomic E-state index is 0.0827. The Morgan fingerprint density at radius 3 is 2.55 bits per heavy atom. The van der Waals surface area contributed by atoms with E-state index in [1.165, 1.54) is 24.2 Å². The van der Waals surface area contributed by atoms with Gasteiger partial charge in [-0.25, -0.2) is 4.98 Å². The molecule has 1 fully saturated rings. The smallest absolute Gasteiger partial charge is 0.265 e. The zero-order valence-electron chi connectivity index (χ0n) is 12.2. The number of rotatable bonds is 4. The quantitative estimate of drug-likeness (QED) is 0.891. The van der Waals surface area contributed by atoms with Crippen LogP contribution in [-0.2, 0) is 0 Å². The molecule has 2 rings (SSSR count). The maximum atomic E-state index is 12.3. The Morgan fingerprint density at radius 1 is 1.40 bits per heavy atom. The lowest BCUT2D eigenvalue weighted by atomic mass is 9.95. The van der Waals surface area contributed by atoms with Crippen LogP contribution in [0.5, 0.6) is 0 Å². The molecule has 0 aromatic carbocycles. The standard InChI is InChI=1S/C13H22N4OS2/c1-17(2)13-16-11(14)10(20-13)12(18)15-8-4-6-9(19-3)7-5-8/h8-9H,4-7,14H2,1-3H3,(H,15,18). The van der Waals surface area contributed by atoms with E-state index in [1.807, 2.05) is 30.8 Å². The number of hydrogen-bond donors (Lipinski definition) is 2. The van der Waals surface area contributed by atoms with Gasteiger partial charge in [0, 0.05) is 25.4 Å². The van der Waals surface area contributed by atoms with Gasteiger partial charge in [-0.3, -0.25) is 4.79 Å². The predicted octanol–water partition coefficient (Wildman–Crippen LogP) is 2.20. The van der Waals surface area contributed by atoms with E-state index in [9.17, 15) is 4.79 Å². The van der Waals surface area contributed by atoms with Crippen molar-refractivity contribution in [2.45, 2.75) is 37.0 Å². The maximum Gasteiger partial charge on any atom is 0.265 e. The molecule has 1 amide bonds. The van der Waals surface area contributed by atoms with E-state index in [1.54, 1.807) is 0 Å². The van der Waals surface area contributed by atoms with Crippen LogP contribution in [0.15, 0.2) is 0 Å². The molecule has 1 aliphatic carbocycles. The van der Waals surface area contributed by atoms with Crippen LogP contribution in [0.1, 0.15) is 35.4 Å². The molecule has 1 heterocycles. The van der Waals surface area contributed by atoms with Gasteiger partial charge in [0.2, 0.25) is 0 Å². The topological polar surface area (TPSA) is 71.2 Å². The highest BCUT2D eigenvalue weighted by Gasteiger charge is 2.24. The third-order valence-corrected chi connectivity index (χ3v) is 5.95. The molecule has 0 bridgehead atoms. The van der Waals surface area contributed by atoms with E-state index in [0.717, 1.165) is 23.2 Å². The van der Waals surface area contributed by atoms with Gasteiger partial charge in [0.1, 0.15) is 10.7 Å². The van der Waals surface area contributed by atoms with Gasteiger partial charge in [-0.05, 0) is 31.9 Å². The average Bonchev–Trinajstić information content (AvgIpc) is 2.82. The van der Waals surface area contributed by atoms with Crippen LogP contribution in [0, 0.1) is 0 Å². The molecule has 0 atom stereocenters. The largest absolute Gasteiger partial charge is 0.382 e. The van der Waals surface area contributed by atoms with E-state index in [0.29, 0.717) is 10.7 Å². The second-order valence-electron chi connectivity index (χ2n) is 5.29. The summed E-state index contributed by atoms with van der Waals surface area (Å²) in [6.07, 6.45) is 6.61. The number of nitrogens with two attached hydrogens (primary N) is 1. The Balaban J connectivity index is 1.95. The Bertz CT molecular complexity index is 467. The van der Waals surface area contributed by atoms with Crippen molar-refractivity contribution in [3.8, 4) is 0 Å². The average molecular weight is 314 g/mol. The van der Waals surface area contributed by atoms with Gasteiger partial charge in [0.25, 0.3) is 5.91 Å². The summed E-state index contributed by atoms with van der Waals surface area (Å²) in [5.74, 6) is 0.245. The van der Waals surface area contributed by atoms with E-state index < -0.39 is 0 Å². The molecule has 0 saturated heterocycles. The summed E-state index contributed by atoms with van der Waals surface area (Å²) in [7, 11) is 3.79. The number of anilines is 2. The number of amides is 1. The molecule has 112 valence electrons. The van der Waals surface area contributed by atoms with Crippen LogP contribution >= 0.6 is 23.1 Å². The van der Waals surface area contributed by atoms with Gasteiger partial charge in [-0.2, -0.15) is 11.8 Å². The Morgan fingerprint density at radius 2 is 2.05 bits per heavy atom. The first kappa shape index (κ1) is 15.4. The second kappa shape index (κ2) is 6.67. The van der Waals surface area contributed by atoms with Crippen molar-refractivity contribution < 1.29 is 4.79 Å². The fourth-order valence-electron chi connectivity index (χ4n) is 2.37. The van der Waals surface area contributed by atoms with Crippen LogP contribution in [-0.4, -0.2) is 42.5 Å². The molecule has 1 saturated carbocycles. The number of hydrogen-bond acceptors (Lipinski definition) is 6. The van der Waals surface area contributed by atoms with Gasteiger partial charge in [-0.1, -0.05) is 11.3 Å². The van der Waals surface area contributed by atoms with Gasteiger partial charge in [0.05, 0.1) is 0 Å². The number of nitrogens with zero attached hydrogens (tertiary/aromatic N) is 2. The van der Waals surface area contributed by atoms with Gasteiger partial charge in [0.15, 0.2) is 5.13 Å². The monoisotopic (exact) mass is 314 g/mol. The summed E-state index contributed by atoms with van der Waals surface area (Å²) in [5.41, 5.74) is 5.84. The zero-order chi connectivity index (χ0) is 14.7. The SMILES string of the molecule is CSC1CCC(NC(=O)c2sc(N(C)C)nc2N)CC1. The van der Waals surface area contributed by atoms with Gasteiger partial charge >= 0.3 is 0 Å². The third kappa shape index (κ3) is 3.58. The number of aromatic nitrogens is 1. The molecule has 3 N–H and O–H groups in total. The molecule has 0 radical (unpaired) electrons. The predicted molar refractivity (Wildman–Crippen MR) is 87.9 cm³/mol. The number of carbonyl (C=O) groups excluding carboxylic acids is 1. The number of carbonyl (C=O) groups is 1. The van der Waals surface area contributed by atoms with Crippen molar-refractivity contribution in [1.82, 2.24) is 10.3 Å². The fraction of sp³-hybridized carbons (Fsp3) is 0.692. The fourth-order valence-corrected chi connectivity index (χ4v) is 3.92. The lowest BCUT2D eigenvalue weighted by molar-refractivity contribution is 0.0933. The third-order valence-electron chi connectivity index (χ3n) is 3.57. The summed E-state index contributed by atoms with van der Waals surface area (Å²) in [6.45, 7) is 0. The minimum atomic E-state index is -0.0827. The lowest BCUT2D eigenvalue weighted by Crippen LogP contribution is -2.38. The van der Waals surface area contributed by atoms with Crippen LogP contribution in [0.25, 0.3) is 0 Å². The summed E-state index contributed by atoms with van der Waals surface area (Å²) < 4.78 is 0. The van der Waals surface area contributed by atoms with Crippen LogP contribution in [0.4, 0.5) is 10.9 Å². The van der Waals surface area contributed by atoms with E-state index >= 15 is 0 Å². The van der Waals surface area contributed by atoms with Crippen molar-refractivity contribution >= 4 is 40.0 Å². The molecule has 1 aromatic heterocycles. The normalized spacial score (nSPS) is 22.6. The second-order valence-corrected chi connectivity index (χ2v) is 7.40. The molecule has 20 heavy (non-hydrogen) atoms.